The molecule has 82 valence electrons. The van der Waals surface area contributed by atoms with Gasteiger partial charge in [-0.3, -0.25) is 0 Å². The fourth-order valence-corrected chi connectivity index (χ4v) is 3.13. The van der Waals surface area contributed by atoms with Crippen LogP contribution in [0.2, 0.25) is 0 Å². The number of nitrogens with one attached hydrogen (secondary N) is 1. The number of carbonyl (C=O) groups is 1. The minimum absolute atomic E-state index is 0. The van der Waals surface area contributed by atoms with Crippen LogP contribution in [0.5, 0.6) is 0 Å². The van der Waals surface area contributed by atoms with E-state index >= 15 is 0 Å². The van der Waals surface area contributed by atoms with Gasteiger partial charge in [0, 0.05) is 18.8 Å². The molecule has 3 fully saturated rings. The van der Waals surface area contributed by atoms with Crippen LogP contribution >= 0.6 is 0 Å². The average Bonchev–Trinajstić information content (AvgIpc) is 2.33. The van der Waals surface area contributed by atoms with Crippen molar-refractivity contribution in [1.82, 2.24) is 0 Å². The average molecular weight is 220 g/mol. The first-order chi connectivity index (χ1) is 5.86. The Hall–Kier alpha value is -0.280. The minimum Gasteiger partial charge on any atom is -1.00 e. The van der Waals surface area contributed by atoms with Gasteiger partial charge in [-0.05, 0) is 20.8 Å². The summed E-state index contributed by atoms with van der Waals surface area (Å²) < 4.78 is 0. The Balaban J connectivity index is 0.000000980. The van der Waals surface area contributed by atoms with Crippen molar-refractivity contribution in [1.29, 1.82) is 0 Å². The normalized spacial score (nSPS) is 39.9. The zero-order valence-electron chi connectivity index (χ0n) is 8.93. The fourth-order valence-electron chi connectivity index (χ4n) is 3.13. The molecular formula is C10H18ClNO2. The molecule has 3 nitrogen and oxygen atoms in total. The van der Waals surface area contributed by atoms with Crippen molar-refractivity contribution in [3.05, 3.63) is 0 Å². The number of aliphatic carboxylic acids is 1. The molecule has 2 saturated heterocycles. The van der Waals surface area contributed by atoms with Crippen LogP contribution in [0.4, 0.5) is 0 Å². The van der Waals surface area contributed by atoms with Crippen molar-refractivity contribution in [2.24, 2.45) is 5.92 Å². The second kappa shape index (κ2) is 3.11. The maximum atomic E-state index is 11.2. The number of fused-ring (bicyclic) bond motifs is 1. The largest absolute Gasteiger partial charge is 1.00 e. The molecule has 1 saturated carbocycles. The molecule has 3 aliphatic rings. The summed E-state index contributed by atoms with van der Waals surface area (Å²) in [5.41, 5.74) is -0.355. The van der Waals surface area contributed by atoms with Crippen LogP contribution in [0, 0.1) is 5.92 Å². The van der Waals surface area contributed by atoms with Gasteiger partial charge in [0.15, 0.2) is 5.54 Å². The molecule has 0 spiro atoms. The summed E-state index contributed by atoms with van der Waals surface area (Å²) in [6.45, 7) is 7.45. The molecule has 2 aliphatic heterocycles. The van der Waals surface area contributed by atoms with Crippen LogP contribution in [0.1, 0.15) is 33.6 Å². The number of hydrogen-bond acceptors (Lipinski definition) is 1. The molecule has 4 heteroatoms. The van der Waals surface area contributed by atoms with E-state index in [9.17, 15) is 9.90 Å². The predicted molar refractivity (Wildman–Crippen MR) is 48.7 cm³/mol. The van der Waals surface area contributed by atoms with Gasteiger partial charge < -0.3 is 22.4 Å². The maximum absolute atomic E-state index is 11.2. The van der Waals surface area contributed by atoms with Crippen molar-refractivity contribution in [3.8, 4) is 0 Å². The van der Waals surface area contributed by atoms with Gasteiger partial charge in [-0.15, -0.1) is 0 Å². The predicted octanol–water partition coefficient (Wildman–Crippen LogP) is -3.08. The molecule has 0 radical (unpaired) electrons. The Labute approximate surface area is 90.9 Å². The van der Waals surface area contributed by atoms with Gasteiger partial charge in [-0.1, -0.05) is 0 Å². The standard InChI is InChI=1S/C10H17NO2.ClH/c1-9(2,3)11-6-7-4-10(11,5-7)8(12)13;/h7H,4-6H2,1-3H3,(H,12,13);1H. The lowest BCUT2D eigenvalue weighted by atomic mass is 9.73. The van der Waals surface area contributed by atoms with Crippen molar-refractivity contribution in [2.75, 3.05) is 6.54 Å². The van der Waals surface area contributed by atoms with E-state index in [2.05, 4.69) is 20.8 Å². The number of hydrogen-bond donors (Lipinski definition) is 2. The molecule has 0 aromatic rings. The minimum atomic E-state index is -0.592. The first kappa shape index (κ1) is 11.8. The van der Waals surface area contributed by atoms with Gasteiger partial charge in [0.2, 0.25) is 0 Å². The summed E-state index contributed by atoms with van der Waals surface area (Å²) in [6, 6.07) is 0. The molecular weight excluding hydrogens is 202 g/mol. The zero-order valence-corrected chi connectivity index (χ0v) is 9.69. The Bertz CT molecular complexity index is 253. The molecule has 1 aliphatic carbocycles. The summed E-state index contributed by atoms with van der Waals surface area (Å²) in [6.07, 6.45) is 1.80. The lowest BCUT2D eigenvalue weighted by molar-refractivity contribution is -0.966. The molecule has 1 atom stereocenters. The number of carboxylic acid groups (broad SMARTS) is 1. The van der Waals surface area contributed by atoms with Gasteiger partial charge >= 0.3 is 5.97 Å². The molecule has 3 rings (SSSR count). The summed E-state index contributed by atoms with van der Waals surface area (Å²) in [7, 11) is 0. The third-order valence-corrected chi connectivity index (χ3v) is 3.66. The molecule has 1 unspecified atom stereocenters. The smallest absolute Gasteiger partial charge is 0.365 e. The van der Waals surface area contributed by atoms with E-state index in [1.54, 1.807) is 0 Å². The Kier molecular flexibility index (Phi) is 2.62. The quantitative estimate of drug-likeness (QED) is 0.491. The third kappa shape index (κ3) is 1.34. The first-order valence-corrected chi connectivity index (χ1v) is 4.96. The lowest BCUT2D eigenvalue weighted by Crippen LogP contribution is -3.24. The Morgan fingerprint density at radius 2 is 1.93 bits per heavy atom. The van der Waals surface area contributed by atoms with E-state index in [0.717, 1.165) is 19.4 Å². The Morgan fingerprint density at radius 1 is 1.43 bits per heavy atom. The van der Waals surface area contributed by atoms with Gasteiger partial charge in [0.1, 0.15) is 0 Å². The molecule has 0 aromatic carbocycles. The second-order valence-corrected chi connectivity index (χ2v) is 5.59. The van der Waals surface area contributed by atoms with Gasteiger partial charge in [0.25, 0.3) is 0 Å². The van der Waals surface area contributed by atoms with Crippen molar-refractivity contribution in [2.45, 2.75) is 44.7 Å². The highest BCUT2D eigenvalue weighted by Gasteiger charge is 2.67. The first-order valence-electron chi connectivity index (χ1n) is 4.96. The molecule has 14 heavy (non-hydrogen) atoms. The number of quaternary nitrogens is 1. The van der Waals surface area contributed by atoms with E-state index in [0.29, 0.717) is 5.92 Å². The van der Waals surface area contributed by atoms with E-state index in [1.807, 2.05) is 0 Å². The molecule has 2 bridgehead atoms. The molecule has 0 amide bonds. The molecule has 2 heterocycles. The summed E-state index contributed by atoms with van der Waals surface area (Å²) >= 11 is 0. The van der Waals surface area contributed by atoms with Crippen molar-refractivity contribution < 1.29 is 27.2 Å². The topological polar surface area (TPSA) is 41.7 Å². The number of halogens is 1. The van der Waals surface area contributed by atoms with Crippen LogP contribution in [0.15, 0.2) is 0 Å². The van der Waals surface area contributed by atoms with Crippen LogP contribution in [0.3, 0.4) is 0 Å². The van der Waals surface area contributed by atoms with E-state index in [-0.39, 0.29) is 17.9 Å². The fraction of sp³-hybridized carbons (Fsp3) is 0.900. The maximum Gasteiger partial charge on any atom is 0.365 e. The van der Waals surface area contributed by atoms with E-state index in [4.69, 9.17) is 0 Å². The SMILES string of the molecule is CC(C)(C)[NH+]1CC2CC1(C(=O)O)C2.[Cl-]. The highest BCUT2D eigenvalue weighted by molar-refractivity contribution is 5.79. The summed E-state index contributed by atoms with van der Waals surface area (Å²) in [5.74, 6) is 0.0801. The van der Waals surface area contributed by atoms with Crippen molar-refractivity contribution >= 4 is 5.97 Å². The third-order valence-electron chi connectivity index (χ3n) is 3.66. The van der Waals surface area contributed by atoms with E-state index in [1.165, 1.54) is 4.90 Å². The molecule has 0 aromatic heterocycles. The van der Waals surface area contributed by atoms with E-state index < -0.39 is 11.5 Å². The number of rotatable bonds is 1. The number of carboxylic acids is 1. The summed E-state index contributed by atoms with van der Waals surface area (Å²) in [5, 5.41) is 9.22. The van der Waals surface area contributed by atoms with Gasteiger partial charge in [-0.25, -0.2) is 4.79 Å². The highest BCUT2D eigenvalue weighted by atomic mass is 35.5. The van der Waals surface area contributed by atoms with Crippen LogP contribution in [-0.4, -0.2) is 28.7 Å². The zero-order chi connectivity index (χ0) is 9.85. The monoisotopic (exact) mass is 219 g/mol. The van der Waals surface area contributed by atoms with Crippen LogP contribution < -0.4 is 17.3 Å². The van der Waals surface area contributed by atoms with Crippen LogP contribution in [0.25, 0.3) is 0 Å². The lowest BCUT2D eigenvalue weighted by Gasteiger charge is -2.40. The van der Waals surface area contributed by atoms with Crippen molar-refractivity contribution in [3.63, 3.8) is 0 Å². The summed E-state index contributed by atoms with van der Waals surface area (Å²) in [4.78, 5) is 12.5. The highest BCUT2D eigenvalue weighted by Crippen LogP contribution is 2.41. The van der Waals surface area contributed by atoms with Crippen LogP contribution in [-0.2, 0) is 4.79 Å². The van der Waals surface area contributed by atoms with Gasteiger partial charge in [0.05, 0.1) is 12.1 Å². The molecule has 2 N–H and O–H groups in total. The second-order valence-electron chi connectivity index (χ2n) is 5.59. The van der Waals surface area contributed by atoms with Gasteiger partial charge in [-0.2, -0.15) is 0 Å². The Morgan fingerprint density at radius 3 is 2.21 bits per heavy atom.